The fraction of sp³-hybridized carbons (Fsp3) is 0.562. The maximum Gasteiger partial charge on any atom is 0.225 e. The maximum absolute atomic E-state index is 12.1. The van der Waals surface area contributed by atoms with Crippen LogP contribution < -0.4 is 10.6 Å². The number of amides is 1. The first-order valence-corrected chi connectivity index (χ1v) is 7.47. The van der Waals surface area contributed by atoms with E-state index in [0.717, 1.165) is 18.5 Å². The molecule has 2 rings (SSSR count). The third kappa shape index (κ3) is 5.02. The molecule has 1 aromatic carbocycles. The van der Waals surface area contributed by atoms with E-state index in [-0.39, 0.29) is 11.8 Å². The number of hydrogen-bond donors (Lipinski definition) is 2. The van der Waals surface area contributed by atoms with E-state index in [9.17, 15) is 4.79 Å². The van der Waals surface area contributed by atoms with Gasteiger partial charge in [0.1, 0.15) is 0 Å². The lowest BCUT2D eigenvalue weighted by Gasteiger charge is -2.25. The van der Waals surface area contributed by atoms with Crippen molar-refractivity contribution in [1.29, 1.82) is 0 Å². The molecule has 0 aromatic heterocycles. The second-order valence-corrected chi connectivity index (χ2v) is 5.19. The molecule has 0 radical (unpaired) electrons. The van der Waals surface area contributed by atoms with Crippen molar-refractivity contribution < 1.29 is 14.3 Å². The zero-order valence-electron chi connectivity index (χ0n) is 12.6. The number of para-hydroxylation sites is 1. The molecule has 116 valence electrons. The first-order chi connectivity index (χ1) is 10.3. The SMILES string of the molecule is COCCOCCCNC(=O)C1CNc2ccccc2C1. The Kier molecular flexibility index (Phi) is 6.50. The van der Waals surface area contributed by atoms with E-state index >= 15 is 0 Å². The van der Waals surface area contributed by atoms with Crippen molar-refractivity contribution in [1.82, 2.24) is 5.32 Å². The average molecular weight is 292 g/mol. The van der Waals surface area contributed by atoms with Gasteiger partial charge in [-0.3, -0.25) is 4.79 Å². The second-order valence-electron chi connectivity index (χ2n) is 5.19. The number of benzene rings is 1. The first kappa shape index (κ1) is 15.8. The third-order valence-corrected chi connectivity index (χ3v) is 3.59. The normalized spacial score (nSPS) is 16.9. The molecule has 1 aromatic rings. The highest BCUT2D eigenvalue weighted by Gasteiger charge is 2.23. The molecule has 0 fully saturated rings. The van der Waals surface area contributed by atoms with Gasteiger partial charge in [0.2, 0.25) is 5.91 Å². The van der Waals surface area contributed by atoms with Gasteiger partial charge in [0, 0.05) is 32.5 Å². The van der Waals surface area contributed by atoms with Crippen LogP contribution in [0.1, 0.15) is 12.0 Å². The molecule has 1 amide bonds. The summed E-state index contributed by atoms with van der Waals surface area (Å²) in [5.74, 6) is 0.128. The van der Waals surface area contributed by atoms with Gasteiger partial charge < -0.3 is 20.1 Å². The van der Waals surface area contributed by atoms with Crippen molar-refractivity contribution in [2.75, 3.05) is 45.3 Å². The monoisotopic (exact) mass is 292 g/mol. The van der Waals surface area contributed by atoms with Gasteiger partial charge in [-0.05, 0) is 24.5 Å². The molecular formula is C16H24N2O3. The summed E-state index contributed by atoms with van der Waals surface area (Å²) in [6.45, 7) is 3.22. The van der Waals surface area contributed by atoms with Crippen molar-refractivity contribution in [3.63, 3.8) is 0 Å². The minimum atomic E-state index is 0.00862. The lowest BCUT2D eigenvalue weighted by Crippen LogP contribution is -2.38. The number of hydrogen-bond acceptors (Lipinski definition) is 4. The van der Waals surface area contributed by atoms with Gasteiger partial charge in [-0.15, -0.1) is 0 Å². The number of rotatable bonds is 8. The van der Waals surface area contributed by atoms with Crippen molar-refractivity contribution in [2.45, 2.75) is 12.8 Å². The van der Waals surface area contributed by atoms with Crippen LogP contribution in [0.2, 0.25) is 0 Å². The molecule has 1 unspecified atom stereocenters. The molecule has 1 aliphatic rings. The fourth-order valence-corrected chi connectivity index (χ4v) is 2.40. The van der Waals surface area contributed by atoms with Gasteiger partial charge in [-0.25, -0.2) is 0 Å². The molecule has 1 atom stereocenters. The second kappa shape index (κ2) is 8.64. The Morgan fingerprint density at radius 1 is 1.33 bits per heavy atom. The third-order valence-electron chi connectivity index (χ3n) is 3.59. The molecule has 0 aliphatic carbocycles. The summed E-state index contributed by atoms with van der Waals surface area (Å²) in [5.41, 5.74) is 2.36. The van der Waals surface area contributed by atoms with Gasteiger partial charge in [0.25, 0.3) is 0 Å². The minimum absolute atomic E-state index is 0.00862. The Morgan fingerprint density at radius 3 is 3.05 bits per heavy atom. The van der Waals surface area contributed by atoms with Crippen LogP contribution in [0.5, 0.6) is 0 Å². The largest absolute Gasteiger partial charge is 0.384 e. The van der Waals surface area contributed by atoms with Crippen molar-refractivity contribution in [3.8, 4) is 0 Å². The van der Waals surface area contributed by atoms with E-state index < -0.39 is 0 Å². The Balaban J connectivity index is 1.64. The summed E-state index contributed by atoms with van der Waals surface area (Å²) in [4.78, 5) is 12.1. The number of fused-ring (bicyclic) bond motifs is 1. The lowest BCUT2D eigenvalue weighted by atomic mass is 9.93. The Bertz CT molecular complexity index is 451. The molecule has 0 spiro atoms. The predicted molar refractivity (Wildman–Crippen MR) is 82.4 cm³/mol. The van der Waals surface area contributed by atoms with Crippen LogP contribution in [0.25, 0.3) is 0 Å². The Morgan fingerprint density at radius 2 is 2.19 bits per heavy atom. The zero-order chi connectivity index (χ0) is 14.9. The number of nitrogens with one attached hydrogen (secondary N) is 2. The summed E-state index contributed by atoms with van der Waals surface area (Å²) in [5, 5.41) is 6.30. The zero-order valence-corrected chi connectivity index (χ0v) is 12.6. The highest BCUT2D eigenvalue weighted by Crippen LogP contribution is 2.24. The number of anilines is 1. The topological polar surface area (TPSA) is 59.6 Å². The molecule has 5 heteroatoms. The molecular weight excluding hydrogens is 268 g/mol. The maximum atomic E-state index is 12.1. The van der Waals surface area contributed by atoms with E-state index in [1.807, 2.05) is 12.1 Å². The summed E-state index contributed by atoms with van der Waals surface area (Å²) in [7, 11) is 1.65. The van der Waals surface area contributed by atoms with Crippen molar-refractivity contribution in [2.24, 2.45) is 5.92 Å². The highest BCUT2D eigenvalue weighted by atomic mass is 16.5. The molecule has 5 nitrogen and oxygen atoms in total. The quantitative estimate of drug-likeness (QED) is 0.712. The van der Waals surface area contributed by atoms with Gasteiger partial charge in [-0.2, -0.15) is 0 Å². The molecule has 0 saturated carbocycles. The predicted octanol–water partition coefficient (Wildman–Crippen LogP) is 1.44. The van der Waals surface area contributed by atoms with E-state index in [1.54, 1.807) is 7.11 Å². The van der Waals surface area contributed by atoms with E-state index in [0.29, 0.717) is 32.9 Å². The molecule has 0 saturated heterocycles. The van der Waals surface area contributed by atoms with Crippen molar-refractivity contribution in [3.05, 3.63) is 29.8 Å². The Hall–Kier alpha value is -1.59. The van der Waals surface area contributed by atoms with E-state index in [2.05, 4.69) is 22.8 Å². The average Bonchev–Trinajstić information content (AvgIpc) is 2.53. The van der Waals surface area contributed by atoms with Gasteiger partial charge in [0.15, 0.2) is 0 Å². The van der Waals surface area contributed by atoms with Crippen LogP contribution in [0.4, 0.5) is 5.69 Å². The van der Waals surface area contributed by atoms with Gasteiger partial charge in [-0.1, -0.05) is 18.2 Å². The Labute approximate surface area is 126 Å². The van der Waals surface area contributed by atoms with Crippen LogP contribution in [-0.4, -0.2) is 45.9 Å². The van der Waals surface area contributed by atoms with Crippen LogP contribution in [-0.2, 0) is 20.7 Å². The number of ether oxygens (including phenoxy) is 2. The summed E-state index contributed by atoms with van der Waals surface area (Å²) >= 11 is 0. The van der Waals surface area contributed by atoms with Gasteiger partial charge in [0.05, 0.1) is 19.1 Å². The number of methoxy groups -OCH3 is 1. The molecule has 2 N–H and O–H groups in total. The number of carbonyl (C=O) groups excluding carboxylic acids is 1. The molecule has 1 aliphatic heterocycles. The lowest BCUT2D eigenvalue weighted by molar-refractivity contribution is -0.124. The van der Waals surface area contributed by atoms with Crippen LogP contribution in [0, 0.1) is 5.92 Å². The highest BCUT2D eigenvalue weighted by molar-refractivity contribution is 5.80. The summed E-state index contributed by atoms with van der Waals surface area (Å²) < 4.78 is 10.3. The minimum Gasteiger partial charge on any atom is -0.384 e. The van der Waals surface area contributed by atoms with Crippen LogP contribution >= 0.6 is 0 Å². The summed E-state index contributed by atoms with van der Waals surface area (Å²) in [6, 6.07) is 8.15. The van der Waals surface area contributed by atoms with Crippen LogP contribution in [0.15, 0.2) is 24.3 Å². The fourth-order valence-electron chi connectivity index (χ4n) is 2.40. The standard InChI is InChI=1S/C16H24N2O3/c1-20-9-10-21-8-4-7-17-16(19)14-11-13-5-2-3-6-15(13)18-12-14/h2-3,5-6,14,18H,4,7-12H2,1H3,(H,17,19). The first-order valence-electron chi connectivity index (χ1n) is 7.47. The van der Waals surface area contributed by atoms with Crippen LogP contribution in [0.3, 0.4) is 0 Å². The van der Waals surface area contributed by atoms with E-state index in [4.69, 9.17) is 9.47 Å². The number of carbonyl (C=O) groups is 1. The van der Waals surface area contributed by atoms with Crippen molar-refractivity contribution >= 4 is 11.6 Å². The summed E-state index contributed by atoms with van der Waals surface area (Å²) in [6.07, 6.45) is 1.63. The van der Waals surface area contributed by atoms with E-state index in [1.165, 1.54) is 5.56 Å². The smallest absolute Gasteiger partial charge is 0.225 e. The molecule has 0 bridgehead atoms. The molecule has 1 heterocycles. The van der Waals surface area contributed by atoms with Gasteiger partial charge >= 0.3 is 0 Å². The molecule has 21 heavy (non-hydrogen) atoms.